The van der Waals surface area contributed by atoms with Crippen molar-refractivity contribution >= 4 is 11.7 Å². The molecule has 2 aromatic heterocycles. The predicted octanol–water partition coefficient (Wildman–Crippen LogP) is 4.24. The molecule has 0 aliphatic carbocycles. The second kappa shape index (κ2) is 8.14. The van der Waals surface area contributed by atoms with E-state index in [1.54, 1.807) is 16.9 Å². The lowest BCUT2D eigenvalue weighted by Crippen LogP contribution is -2.15. The van der Waals surface area contributed by atoms with Crippen LogP contribution in [0.2, 0.25) is 0 Å². The third kappa shape index (κ3) is 4.11. The predicted molar refractivity (Wildman–Crippen MR) is 113 cm³/mol. The van der Waals surface area contributed by atoms with Crippen molar-refractivity contribution in [2.75, 3.05) is 5.32 Å². The quantitative estimate of drug-likeness (QED) is 0.540. The lowest BCUT2D eigenvalue weighted by atomic mass is 10.1. The summed E-state index contributed by atoms with van der Waals surface area (Å²) in [5.41, 5.74) is 4.71. The molecule has 0 unspecified atom stereocenters. The number of hydrogen-bond acceptors (Lipinski definition) is 3. The van der Waals surface area contributed by atoms with Crippen molar-refractivity contribution in [1.29, 1.82) is 0 Å². The molecule has 0 fully saturated rings. The van der Waals surface area contributed by atoms with Crippen molar-refractivity contribution in [3.05, 3.63) is 95.4 Å². The highest BCUT2D eigenvalue weighted by Gasteiger charge is 2.18. The fourth-order valence-corrected chi connectivity index (χ4v) is 3.28. The molecule has 29 heavy (non-hydrogen) atoms. The first-order valence-electron chi connectivity index (χ1n) is 9.66. The minimum absolute atomic E-state index is 0.204. The number of benzene rings is 2. The van der Waals surface area contributed by atoms with E-state index in [1.165, 1.54) is 5.56 Å². The van der Waals surface area contributed by atoms with Crippen molar-refractivity contribution in [3.8, 4) is 5.69 Å². The highest BCUT2D eigenvalue weighted by Crippen LogP contribution is 2.18. The van der Waals surface area contributed by atoms with Crippen LogP contribution < -0.4 is 5.32 Å². The summed E-state index contributed by atoms with van der Waals surface area (Å²) in [6, 6.07) is 20.0. The fourth-order valence-electron chi connectivity index (χ4n) is 3.28. The lowest BCUT2D eigenvalue weighted by Gasteiger charge is -2.08. The van der Waals surface area contributed by atoms with Gasteiger partial charge in [-0.2, -0.15) is 10.2 Å². The average Bonchev–Trinajstić information content (AvgIpc) is 3.36. The Hall–Kier alpha value is -3.67. The molecule has 1 N–H and O–H groups in total. The fraction of sp³-hybridized carbons (Fsp3) is 0.174. The van der Waals surface area contributed by atoms with Gasteiger partial charge in [-0.15, -0.1) is 0 Å². The second-order valence-corrected chi connectivity index (χ2v) is 6.94. The number of rotatable bonds is 6. The molecule has 1 amide bonds. The van der Waals surface area contributed by atoms with Crippen LogP contribution >= 0.6 is 0 Å². The van der Waals surface area contributed by atoms with Gasteiger partial charge in [-0.3, -0.25) is 9.48 Å². The Labute approximate surface area is 169 Å². The number of aryl methyl sites for hydroxylation is 1. The van der Waals surface area contributed by atoms with Gasteiger partial charge in [0.2, 0.25) is 0 Å². The molecule has 0 bridgehead atoms. The highest BCUT2D eigenvalue weighted by molar-refractivity contribution is 6.04. The van der Waals surface area contributed by atoms with E-state index in [-0.39, 0.29) is 5.91 Å². The topological polar surface area (TPSA) is 64.7 Å². The minimum Gasteiger partial charge on any atom is -0.305 e. The molecular formula is C23H23N5O. The van der Waals surface area contributed by atoms with Crippen LogP contribution in [0.4, 0.5) is 5.82 Å². The summed E-state index contributed by atoms with van der Waals surface area (Å²) >= 11 is 0. The number of carbonyl (C=O) groups excluding carboxylic acids is 1. The van der Waals surface area contributed by atoms with Crippen molar-refractivity contribution in [2.45, 2.75) is 26.8 Å². The summed E-state index contributed by atoms with van der Waals surface area (Å²) in [4.78, 5) is 12.8. The van der Waals surface area contributed by atoms with E-state index in [1.807, 2.05) is 79.3 Å². The zero-order valence-electron chi connectivity index (χ0n) is 16.5. The summed E-state index contributed by atoms with van der Waals surface area (Å²) in [6.07, 6.45) is 4.17. The van der Waals surface area contributed by atoms with Gasteiger partial charge in [-0.05, 0) is 31.0 Å². The van der Waals surface area contributed by atoms with Crippen molar-refractivity contribution in [2.24, 2.45) is 0 Å². The number of nitrogens with one attached hydrogen (secondary N) is 1. The summed E-state index contributed by atoms with van der Waals surface area (Å²) in [6.45, 7) is 4.72. The van der Waals surface area contributed by atoms with Gasteiger partial charge in [0.05, 0.1) is 29.7 Å². The van der Waals surface area contributed by atoms with Crippen LogP contribution in [0.15, 0.2) is 73.1 Å². The van der Waals surface area contributed by atoms with Crippen molar-refractivity contribution < 1.29 is 4.79 Å². The number of anilines is 1. The monoisotopic (exact) mass is 385 g/mol. The normalized spacial score (nSPS) is 10.8. The van der Waals surface area contributed by atoms with Crippen LogP contribution in [0.1, 0.15) is 34.1 Å². The van der Waals surface area contributed by atoms with E-state index in [0.717, 1.165) is 16.9 Å². The van der Waals surface area contributed by atoms with Crippen LogP contribution in [-0.2, 0) is 13.0 Å². The Morgan fingerprint density at radius 1 is 1.03 bits per heavy atom. The first-order valence-corrected chi connectivity index (χ1v) is 9.66. The summed E-state index contributed by atoms with van der Waals surface area (Å²) < 4.78 is 3.63. The summed E-state index contributed by atoms with van der Waals surface area (Å²) in [5, 5.41) is 11.8. The van der Waals surface area contributed by atoms with E-state index in [4.69, 9.17) is 0 Å². The Kier molecular flexibility index (Phi) is 5.24. The van der Waals surface area contributed by atoms with Gasteiger partial charge in [0.1, 0.15) is 0 Å². The molecule has 6 heteroatoms. The van der Waals surface area contributed by atoms with Crippen LogP contribution in [0, 0.1) is 6.92 Å². The zero-order valence-corrected chi connectivity index (χ0v) is 16.5. The molecule has 0 aliphatic rings. The Bertz CT molecular complexity index is 1110. The SMILES string of the molecule is CCc1c(C(=O)Nc2ccn(Cc3ccccc3)n2)cnn1-c1ccc(C)cc1. The molecule has 0 saturated carbocycles. The van der Waals surface area contributed by atoms with E-state index in [2.05, 4.69) is 15.5 Å². The van der Waals surface area contributed by atoms with Crippen molar-refractivity contribution in [3.63, 3.8) is 0 Å². The number of nitrogens with zero attached hydrogens (tertiary/aromatic N) is 4. The Balaban J connectivity index is 1.51. The minimum atomic E-state index is -0.204. The summed E-state index contributed by atoms with van der Waals surface area (Å²) in [5.74, 6) is 0.321. The van der Waals surface area contributed by atoms with Gasteiger partial charge in [0, 0.05) is 12.3 Å². The average molecular weight is 385 g/mol. The van der Waals surface area contributed by atoms with Crippen LogP contribution in [0.5, 0.6) is 0 Å². The zero-order chi connectivity index (χ0) is 20.2. The lowest BCUT2D eigenvalue weighted by molar-refractivity contribution is 0.102. The molecule has 2 heterocycles. The van der Waals surface area contributed by atoms with E-state index in [9.17, 15) is 4.79 Å². The number of carbonyl (C=O) groups is 1. The first kappa shape index (κ1) is 18.7. The molecule has 146 valence electrons. The Morgan fingerprint density at radius 2 is 1.79 bits per heavy atom. The third-order valence-electron chi connectivity index (χ3n) is 4.80. The van der Waals surface area contributed by atoms with Gasteiger partial charge in [-0.1, -0.05) is 55.0 Å². The van der Waals surface area contributed by atoms with Gasteiger partial charge >= 0.3 is 0 Å². The maximum atomic E-state index is 12.8. The van der Waals surface area contributed by atoms with Crippen LogP contribution in [-0.4, -0.2) is 25.5 Å². The largest absolute Gasteiger partial charge is 0.305 e. The van der Waals surface area contributed by atoms with E-state index >= 15 is 0 Å². The number of hydrogen-bond donors (Lipinski definition) is 1. The van der Waals surface area contributed by atoms with E-state index in [0.29, 0.717) is 24.3 Å². The standard InChI is InChI=1S/C23H23N5O/c1-3-21-20(15-24-28(21)19-11-9-17(2)10-12-19)23(29)25-22-13-14-27(26-22)16-18-7-5-4-6-8-18/h4-15H,3,16H2,1-2H3,(H,25,26,29). The first-order chi connectivity index (χ1) is 14.1. The van der Waals surface area contributed by atoms with Gasteiger partial charge < -0.3 is 5.32 Å². The third-order valence-corrected chi connectivity index (χ3v) is 4.80. The van der Waals surface area contributed by atoms with E-state index < -0.39 is 0 Å². The second-order valence-electron chi connectivity index (χ2n) is 6.94. The highest BCUT2D eigenvalue weighted by atomic mass is 16.1. The van der Waals surface area contributed by atoms with Crippen LogP contribution in [0.3, 0.4) is 0 Å². The molecule has 0 spiro atoms. The van der Waals surface area contributed by atoms with Crippen LogP contribution in [0.25, 0.3) is 5.69 Å². The van der Waals surface area contributed by atoms with Crippen molar-refractivity contribution in [1.82, 2.24) is 19.6 Å². The molecule has 0 atom stereocenters. The molecule has 0 aliphatic heterocycles. The maximum absolute atomic E-state index is 12.8. The molecular weight excluding hydrogens is 362 g/mol. The Morgan fingerprint density at radius 3 is 2.52 bits per heavy atom. The van der Waals surface area contributed by atoms with Gasteiger partial charge in [0.25, 0.3) is 5.91 Å². The molecule has 2 aromatic carbocycles. The van der Waals surface area contributed by atoms with Gasteiger partial charge in [-0.25, -0.2) is 4.68 Å². The maximum Gasteiger partial charge on any atom is 0.260 e. The summed E-state index contributed by atoms with van der Waals surface area (Å²) in [7, 11) is 0. The molecule has 0 radical (unpaired) electrons. The molecule has 0 saturated heterocycles. The molecule has 6 nitrogen and oxygen atoms in total. The number of aromatic nitrogens is 4. The molecule has 4 rings (SSSR count). The van der Waals surface area contributed by atoms with Gasteiger partial charge in [0.15, 0.2) is 5.82 Å². The molecule has 4 aromatic rings. The number of amides is 1. The smallest absolute Gasteiger partial charge is 0.260 e.